The Morgan fingerprint density at radius 3 is 1.86 bits per heavy atom. The number of hydrogen-bond donors (Lipinski definition) is 0. The molecule has 0 aliphatic heterocycles. The highest BCUT2D eigenvalue weighted by Gasteiger charge is 1.88. The van der Waals surface area contributed by atoms with Gasteiger partial charge in [0.1, 0.15) is 0 Å². The quantitative estimate of drug-likeness (QED) is 0.523. The molecule has 0 saturated heterocycles. The standard InChI is InChI=1S/C5H8Cl2/c1-3-5(7)4(2)6/h3H2,1-2H3/b5-4-. The second-order valence-electron chi connectivity index (χ2n) is 1.29. The van der Waals surface area contributed by atoms with Crippen molar-refractivity contribution >= 4 is 23.2 Å². The lowest BCUT2D eigenvalue weighted by Crippen LogP contribution is -1.66. The van der Waals surface area contributed by atoms with Crippen molar-refractivity contribution in [2.75, 3.05) is 0 Å². The molecule has 0 aliphatic rings. The monoisotopic (exact) mass is 138 g/mol. The van der Waals surface area contributed by atoms with Crippen molar-refractivity contribution in [3.63, 3.8) is 0 Å². The summed E-state index contributed by atoms with van der Waals surface area (Å²) in [6.45, 7) is 3.75. The summed E-state index contributed by atoms with van der Waals surface area (Å²) >= 11 is 11.0. The van der Waals surface area contributed by atoms with E-state index in [1.165, 1.54) is 0 Å². The van der Waals surface area contributed by atoms with Crippen LogP contribution in [0.3, 0.4) is 0 Å². The Morgan fingerprint density at radius 1 is 1.43 bits per heavy atom. The van der Waals surface area contributed by atoms with Crippen LogP contribution >= 0.6 is 23.2 Å². The average molecular weight is 139 g/mol. The summed E-state index contributed by atoms with van der Waals surface area (Å²) in [4.78, 5) is 0. The molecular weight excluding hydrogens is 131 g/mol. The van der Waals surface area contributed by atoms with Gasteiger partial charge < -0.3 is 0 Å². The lowest BCUT2D eigenvalue weighted by atomic mass is 10.4. The lowest BCUT2D eigenvalue weighted by Gasteiger charge is -1.89. The molecule has 0 bridgehead atoms. The Kier molecular flexibility index (Phi) is 3.49. The first-order valence-electron chi connectivity index (χ1n) is 2.19. The predicted molar refractivity (Wildman–Crippen MR) is 34.7 cm³/mol. The van der Waals surface area contributed by atoms with E-state index in [0.29, 0.717) is 5.03 Å². The molecule has 0 atom stereocenters. The van der Waals surface area contributed by atoms with Gasteiger partial charge in [-0.2, -0.15) is 0 Å². The van der Waals surface area contributed by atoms with E-state index in [1.54, 1.807) is 6.92 Å². The third-order valence-corrected chi connectivity index (χ3v) is 1.56. The highest BCUT2D eigenvalue weighted by Crippen LogP contribution is 2.14. The molecule has 0 aromatic rings. The van der Waals surface area contributed by atoms with Crippen LogP contribution in [0.4, 0.5) is 0 Å². The maximum atomic E-state index is 5.55. The van der Waals surface area contributed by atoms with Gasteiger partial charge >= 0.3 is 0 Å². The molecule has 0 aromatic carbocycles. The van der Waals surface area contributed by atoms with Gasteiger partial charge in [-0.25, -0.2) is 0 Å². The molecule has 0 amide bonds. The van der Waals surface area contributed by atoms with Crippen LogP contribution in [-0.2, 0) is 0 Å². The summed E-state index contributed by atoms with van der Waals surface area (Å²) in [7, 11) is 0. The summed E-state index contributed by atoms with van der Waals surface area (Å²) in [5.41, 5.74) is 0. The number of rotatable bonds is 1. The smallest absolute Gasteiger partial charge is 0.0320 e. The molecule has 0 saturated carbocycles. The van der Waals surface area contributed by atoms with E-state index in [-0.39, 0.29) is 0 Å². The first kappa shape index (κ1) is 7.32. The van der Waals surface area contributed by atoms with Crippen molar-refractivity contribution in [1.82, 2.24) is 0 Å². The second kappa shape index (κ2) is 3.34. The minimum atomic E-state index is 0.698. The summed E-state index contributed by atoms with van der Waals surface area (Å²) < 4.78 is 0. The van der Waals surface area contributed by atoms with Crippen molar-refractivity contribution in [1.29, 1.82) is 0 Å². The van der Waals surface area contributed by atoms with Crippen molar-refractivity contribution in [3.8, 4) is 0 Å². The van der Waals surface area contributed by atoms with Crippen LogP contribution in [0.5, 0.6) is 0 Å². The zero-order valence-electron chi connectivity index (χ0n) is 4.46. The Morgan fingerprint density at radius 2 is 1.86 bits per heavy atom. The zero-order valence-corrected chi connectivity index (χ0v) is 5.97. The average Bonchev–Trinajstić information content (AvgIpc) is 1.65. The van der Waals surface area contributed by atoms with Gasteiger partial charge in [0, 0.05) is 10.1 Å². The Hall–Kier alpha value is 0.320. The van der Waals surface area contributed by atoms with Gasteiger partial charge in [0.15, 0.2) is 0 Å². The van der Waals surface area contributed by atoms with Gasteiger partial charge in [-0.05, 0) is 13.3 Å². The zero-order chi connectivity index (χ0) is 5.86. The van der Waals surface area contributed by atoms with Crippen molar-refractivity contribution in [3.05, 3.63) is 10.1 Å². The number of hydrogen-bond acceptors (Lipinski definition) is 0. The van der Waals surface area contributed by atoms with Gasteiger partial charge in [-0.3, -0.25) is 0 Å². The third-order valence-electron chi connectivity index (χ3n) is 0.684. The number of halogens is 2. The molecular formula is C5H8Cl2. The lowest BCUT2D eigenvalue weighted by molar-refractivity contribution is 1.18. The van der Waals surface area contributed by atoms with Crippen LogP contribution in [0.1, 0.15) is 20.3 Å². The highest BCUT2D eigenvalue weighted by atomic mass is 35.5. The van der Waals surface area contributed by atoms with Crippen LogP contribution < -0.4 is 0 Å². The molecule has 42 valence electrons. The van der Waals surface area contributed by atoms with E-state index >= 15 is 0 Å². The van der Waals surface area contributed by atoms with Gasteiger partial charge in [0.05, 0.1) is 0 Å². The molecule has 0 aliphatic carbocycles. The van der Waals surface area contributed by atoms with Crippen LogP contribution in [0.25, 0.3) is 0 Å². The van der Waals surface area contributed by atoms with E-state index < -0.39 is 0 Å². The van der Waals surface area contributed by atoms with Crippen molar-refractivity contribution in [2.24, 2.45) is 0 Å². The van der Waals surface area contributed by atoms with E-state index in [9.17, 15) is 0 Å². The fourth-order valence-electron chi connectivity index (χ4n) is 0.244. The van der Waals surface area contributed by atoms with Gasteiger partial charge in [0.2, 0.25) is 0 Å². The first-order valence-corrected chi connectivity index (χ1v) is 2.94. The molecule has 0 spiro atoms. The fourth-order valence-corrected chi connectivity index (χ4v) is 0.377. The minimum Gasteiger partial charge on any atom is -0.0882 e. The predicted octanol–water partition coefficient (Wildman–Crippen LogP) is 3.11. The minimum absolute atomic E-state index is 0.698. The SMILES string of the molecule is CC/C(Cl)=C(\C)Cl. The summed E-state index contributed by atoms with van der Waals surface area (Å²) in [6, 6.07) is 0. The van der Waals surface area contributed by atoms with E-state index in [1.807, 2.05) is 6.92 Å². The Labute approximate surface area is 54.1 Å². The largest absolute Gasteiger partial charge is 0.0882 e. The molecule has 0 nitrogen and oxygen atoms in total. The first-order chi connectivity index (χ1) is 3.18. The summed E-state index contributed by atoms with van der Waals surface area (Å²) in [5, 5.41) is 1.45. The van der Waals surface area contributed by atoms with Crippen LogP contribution in [0.15, 0.2) is 10.1 Å². The van der Waals surface area contributed by atoms with Crippen molar-refractivity contribution in [2.45, 2.75) is 20.3 Å². The van der Waals surface area contributed by atoms with Crippen LogP contribution in [0, 0.1) is 0 Å². The Balaban J connectivity index is 3.72. The third kappa shape index (κ3) is 2.95. The molecule has 2 heteroatoms. The number of allylic oxidation sites excluding steroid dienone is 2. The maximum absolute atomic E-state index is 5.55. The molecule has 0 fully saturated rings. The normalized spacial score (nSPS) is 13.7. The van der Waals surface area contributed by atoms with E-state index in [0.717, 1.165) is 11.5 Å². The highest BCUT2D eigenvalue weighted by molar-refractivity contribution is 6.38. The van der Waals surface area contributed by atoms with Crippen LogP contribution in [0.2, 0.25) is 0 Å². The van der Waals surface area contributed by atoms with Crippen molar-refractivity contribution < 1.29 is 0 Å². The second-order valence-corrected chi connectivity index (χ2v) is 2.32. The van der Waals surface area contributed by atoms with Crippen LogP contribution in [-0.4, -0.2) is 0 Å². The molecule has 0 unspecified atom stereocenters. The van der Waals surface area contributed by atoms with Gasteiger partial charge in [0.25, 0.3) is 0 Å². The van der Waals surface area contributed by atoms with E-state index in [4.69, 9.17) is 23.2 Å². The van der Waals surface area contributed by atoms with Gasteiger partial charge in [-0.15, -0.1) is 0 Å². The van der Waals surface area contributed by atoms with E-state index in [2.05, 4.69) is 0 Å². The molecule has 0 heterocycles. The topological polar surface area (TPSA) is 0 Å². The molecule has 0 aromatic heterocycles. The fraction of sp³-hybridized carbons (Fsp3) is 0.600. The molecule has 0 rings (SSSR count). The molecule has 0 N–H and O–H groups in total. The molecule has 7 heavy (non-hydrogen) atoms. The summed E-state index contributed by atoms with van der Waals surface area (Å²) in [6.07, 6.45) is 0.830. The maximum Gasteiger partial charge on any atom is 0.0320 e. The molecule has 0 radical (unpaired) electrons. The van der Waals surface area contributed by atoms with Gasteiger partial charge in [-0.1, -0.05) is 30.1 Å². The Bertz CT molecular complexity index is 80.1. The summed E-state index contributed by atoms with van der Waals surface area (Å²) in [5.74, 6) is 0.